The van der Waals surface area contributed by atoms with E-state index in [1.54, 1.807) is 11.8 Å². The molecule has 0 heterocycles. The van der Waals surface area contributed by atoms with Crippen molar-refractivity contribution >= 4 is 27.4 Å². The number of benzene rings is 2. The zero-order chi connectivity index (χ0) is 20.7. The van der Waals surface area contributed by atoms with Gasteiger partial charge >= 0.3 is 5.69 Å². The molecule has 0 aromatic heterocycles. The topological polar surface area (TPSA) is 123 Å². The van der Waals surface area contributed by atoms with Crippen LogP contribution in [0.25, 0.3) is 0 Å². The van der Waals surface area contributed by atoms with Crippen molar-refractivity contribution in [3.8, 4) is 5.75 Å². The molecule has 2 aromatic carbocycles. The predicted octanol–water partition coefficient (Wildman–Crippen LogP) is 3.37. The summed E-state index contributed by atoms with van der Waals surface area (Å²) in [5.41, 5.74) is -0.345. The lowest BCUT2D eigenvalue weighted by Gasteiger charge is -2.21. The molecular weight excluding hydrogens is 400 g/mol. The summed E-state index contributed by atoms with van der Waals surface area (Å²) in [5.74, 6) is 0.692. The van der Waals surface area contributed by atoms with Crippen LogP contribution >= 0.6 is 11.8 Å². The summed E-state index contributed by atoms with van der Waals surface area (Å²) in [6, 6.07) is 13.6. The van der Waals surface area contributed by atoms with Gasteiger partial charge in [0.2, 0.25) is 0 Å². The van der Waals surface area contributed by atoms with Crippen molar-refractivity contribution in [2.24, 2.45) is 5.14 Å². The third-order valence-electron chi connectivity index (χ3n) is 3.85. The van der Waals surface area contributed by atoms with Gasteiger partial charge in [-0.1, -0.05) is 18.2 Å². The Morgan fingerprint density at radius 3 is 2.54 bits per heavy atom. The Balaban J connectivity index is 2.22. The van der Waals surface area contributed by atoms with Crippen molar-refractivity contribution in [3.05, 3.63) is 58.6 Å². The van der Waals surface area contributed by atoms with Crippen molar-refractivity contribution in [2.45, 2.75) is 22.3 Å². The molecule has 3 N–H and O–H groups in total. The minimum Gasteiger partial charge on any atom is -0.483 e. The summed E-state index contributed by atoms with van der Waals surface area (Å²) in [7, 11) is 0.356. The zero-order valence-corrected chi connectivity index (χ0v) is 17.4. The Bertz CT molecular complexity index is 905. The van der Waals surface area contributed by atoms with Crippen LogP contribution in [0.4, 0.5) is 5.69 Å². The molecule has 152 valence electrons. The highest BCUT2D eigenvalue weighted by molar-refractivity contribution is 7.99. The van der Waals surface area contributed by atoms with Crippen LogP contribution in [0.2, 0.25) is 0 Å². The van der Waals surface area contributed by atoms with Crippen LogP contribution in [0.3, 0.4) is 0 Å². The van der Waals surface area contributed by atoms with Gasteiger partial charge in [0.25, 0.3) is 0 Å². The Morgan fingerprint density at radius 2 is 1.96 bits per heavy atom. The van der Waals surface area contributed by atoms with Gasteiger partial charge in [-0.25, -0.2) is 14.1 Å². The van der Waals surface area contributed by atoms with Crippen molar-refractivity contribution in [2.75, 3.05) is 26.4 Å². The number of nitrogens with one attached hydrogen (secondary N) is 1. The molecule has 0 bridgehead atoms. The second-order valence-corrected chi connectivity index (χ2v) is 9.21. The largest absolute Gasteiger partial charge is 0.483 e. The molecule has 0 aliphatic rings. The van der Waals surface area contributed by atoms with E-state index in [-0.39, 0.29) is 22.4 Å². The van der Waals surface area contributed by atoms with Crippen LogP contribution in [0.15, 0.2) is 58.3 Å². The first-order valence-electron chi connectivity index (χ1n) is 8.51. The summed E-state index contributed by atoms with van der Waals surface area (Å²) >= 11 is 1.61. The van der Waals surface area contributed by atoms with Gasteiger partial charge in [-0.05, 0) is 44.8 Å². The van der Waals surface area contributed by atoms with Crippen molar-refractivity contribution in [1.82, 2.24) is 4.90 Å². The van der Waals surface area contributed by atoms with Gasteiger partial charge in [0.05, 0.1) is 9.82 Å². The standard InChI is InChI=1S/C18H24N4O4S2/c1-21(2)11-10-14(13-27-15-6-4-3-5-7-15)26-18-9-8-16(28(19,20)25)12-17(18)22(23)24/h3-9,12,14H,10-11,13H2,1-2H3,(H3,19,20,25)/t14-/m1/s1. The predicted molar refractivity (Wildman–Crippen MR) is 111 cm³/mol. The van der Waals surface area contributed by atoms with Gasteiger partial charge in [0.1, 0.15) is 16.0 Å². The lowest BCUT2D eigenvalue weighted by Crippen LogP contribution is -2.26. The fourth-order valence-corrected chi connectivity index (χ4v) is 3.91. The fraction of sp³-hybridized carbons (Fsp3) is 0.333. The van der Waals surface area contributed by atoms with E-state index in [0.29, 0.717) is 12.2 Å². The molecule has 0 aliphatic carbocycles. The van der Waals surface area contributed by atoms with Crippen LogP contribution in [-0.4, -0.2) is 46.5 Å². The molecule has 2 rings (SSSR count). The third-order valence-corrected chi connectivity index (χ3v) is 5.95. The normalized spacial score (nSPS) is 14.4. The molecule has 0 fully saturated rings. The van der Waals surface area contributed by atoms with Gasteiger partial charge < -0.3 is 9.64 Å². The lowest BCUT2D eigenvalue weighted by atomic mass is 10.2. The highest BCUT2D eigenvalue weighted by atomic mass is 32.2. The molecule has 10 heteroatoms. The lowest BCUT2D eigenvalue weighted by molar-refractivity contribution is -0.386. The number of nitrogens with two attached hydrogens (primary N) is 1. The second kappa shape index (κ2) is 9.87. The SMILES string of the molecule is CN(C)CC[C@H](CSc1ccccc1)Oc1ccc(S(=N)(N)=O)cc1[N+](=O)[O-]. The smallest absolute Gasteiger partial charge is 0.312 e. The Hall–Kier alpha value is -2.14. The Labute approximate surface area is 169 Å². The summed E-state index contributed by atoms with van der Waals surface area (Å²) < 4.78 is 25.1. The van der Waals surface area contributed by atoms with Crippen molar-refractivity contribution in [3.63, 3.8) is 0 Å². The fourth-order valence-electron chi connectivity index (χ4n) is 2.39. The second-order valence-electron chi connectivity index (χ2n) is 6.44. The molecule has 8 nitrogen and oxygen atoms in total. The Morgan fingerprint density at radius 1 is 1.29 bits per heavy atom. The highest BCUT2D eigenvalue weighted by Gasteiger charge is 2.22. The number of thioether (sulfide) groups is 1. The molecule has 0 amide bonds. The molecule has 0 radical (unpaired) electrons. The molecule has 0 spiro atoms. The van der Waals surface area contributed by atoms with Crippen molar-refractivity contribution in [1.29, 1.82) is 4.78 Å². The van der Waals surface area contributed by atoms with Crippen LogP contribution in [-0.2, 0) is 9.92 Å². The van der Waals surface area contributed by atoms with E-state index in [9.17, 15) is 14.3 Å². The maximum Gasteiger partial charge on any atom is 0.312 e. The number of hydrogen-bond donors (Lipinski definition) is 2. The Kier molecular flexibility index (Phi) is 7.81. The van der Waals surface area contributed by atoms with E-state index in [1.807, 2.05) is 49.3 Å². The van der Waals surface area contributed by atoms with E-state index in [4.69, 9.17) is 14.7 Å². The highest BCUT2D eigenvalue weighted by Crippen LogP contribution is 2.31. The maximum atomic E-state index is 11.7. The van der Waals surface area contributed by atoms with Gasteiger partial charge in [-0.15, -0.1) is 11.8 Å². The van der Waals surface area contributed by atoms with Crippen LogP contribution < -0.4 is 9.88 Å². The summed E-state index contributed by atoms with van der Waals surface area (Å²) in [6.45, 7) is 0.759. The van der Waals surface area contributed by atoms with Gasteiger partial charge in [0, 0.05) is 23.3 Å². The van der Waals surface area contributed by atoms with Crippen LogP contribution in [0, 0.1) is 14.9 Å². The molecule has 2 atom stereocenters. The average molecular weight is 425 g/mol. The third kappa shape index (κ3) is 6.79. The number of nitro groups is 1. The zero-order valence-electron chi connectivity index (χ0n) is 15.7. The van der Waals surface area contributed by atoms with Gasteiger partial charge in [-0.2, -0.15) is 0 Å². The summed E-state index contributed by atoms with van der Waals surface area (Å²) in [4.78, 5) is 13.8. The number of rotatable bonds is 10. The molecule has 0 saturated carbocycles. The molecule has 0 aliphatic heterocycles. The minimum atomic E-state index is -3.54. The van der Waals surface area contributed by atoms with E-state index in [1.165, 1.54) is 12.1 Å². The van der Waals surface area contributed by atoms with Gasteiger partial charge in [0.15, 0.2) is 5.75 Å². The number of nitro benzene ring substituents is 1. The average Bonchev–Trinajstić information content (AvgIpc) is 2.63. The molecule has 2 aromatic rings. The molecule has 28 heavy (non-hydrogen) atoms. The maximum absolute atomic E-state index is 11.7. The van der Waals surface area contributed by atoms with E-state index >= 15 is 0 Å². The monoisotopic (exact) mass is 424 g/mol. The first-order valence-corrected chi connectivity index (χ1v) is 11.1. The number of nitrogens with zero attached hydrogens (tertiary/aromatic N) is 2. The first kappa shape index (κ1) is 22.2. The number of ether oxygens (including phenoxy) is 1. The summed E-state index contributed by atoms with van der Waals surface area (Å²) in [5, 5.41) is 16.7. The summed E-state index contributed by atoms with van der Waals surface area (Å²) in [6.07, 6.45) is 0.410. The molecule has 0 saturated heterocycles. The number of hydrogen-bond acceptors (Lipinski definition) is 7. The quantitative estimate of drug-likeness (QED) is 0.342. The van der Waals surface area contributed by atoms with Gasteiger partial charge in [-0.3, -0.25) is 10.1 Å². The van der Waals surface area contributed by atoms with Crippen LogP contribution in [0.5, 0.6) is 5.75 Å². The van der Waals surface area contributed by atoms with E-state index in [2.05, 4.69) is 0 Å². The molecule has 1 unspecified atom stereocenters. The van der Waals surface area contributed by atoms with Crippen molar-refractivity contribution < 1.29 is 13.9 Å². The van der Waals surface area contributed by atoms with Crippen LogP contribution in [0.1, 0.15) is 6.42 Å². The first-order chi connectivity index (χ1) is 13.2. The molecular formula is C18H24N4O4S2. The minimum absolute atomic E-state index is 0.0785. The van der Waals surface area contributed by atoms with E-state index < -0.39 is 14.8 Å². The van der Waals surface area contributed by atoms with E-state index in [0.717, 1.165) is 17.5 Å².